The lowest BCUT2D eigenvalue weighted by Gasteiger charge is -2.25. The van der Waals surface area contributed by atoms with Crippen LogP contribution in [0.25, 0.3) is 0 Å². The number of carboxylic acids is 1. The van der Waals surface area contributed by atoms with Gasteiger partial charge < -0.3 is 14.7 Å². The topological polar surface area (TPSA) is 66.8 Å². The third-order valence-electron chi connectivity index (χ3n) is 3.37. The van der Waals surface area contributed by atoms with Crippen molar-refractivity contribution in [2.75, 3.05) is 13.2 Å². The van der Waals surface area contributed by atoms with E-state index in [0.29, 0.717) is 19.6 Å². The number of benzene rings is 1. The Kier molecular flexibility index (Phi) is 5.76. The Morgan fingerprint density at radius 1 is 1.43 bits per heavy atom. The average Bonchev–Trinajstić information content (AvgIpc) is 2.96. The van der Waals surface area contributed by atoms with Gasteiger partial charge in [0, 0.05) is 24.2 Å². The van der Waals surface area contributed by atoms with Gasteiger partial charge in [-0.3, -0.25) is 9.59 Å². The lowest BCUT2D eigenvalue weighted by Crippen LogP contribution is -2.39. The quantitative estimate of drug-likeness (QED) is 0.850. The summed E-state index contributed by atoms with van der Waals surface area (Å²) in [6.07, 6.45) is 1.10. The predicted molar refractivity (Wildman–Crippen MR) is 80.8 cm³/mol. The Hall–Kier alpha value is -1.40. The molecule has 1 atom stereocenters. The van der Waals surface area contributed by atoms with Gasteiger partial charge >= 0.3 is 5.97 Å². The number of carboxylic acid groups (broad SMARTS) is 1. The van der Waals surface area contributed by atoms with Gasteiger partial charge in [0.1, 0.15) is 6.10 Å². The van der Waals surface area contributed by atoms with Crippen molar-refractivity contribution < 1.29 is 19.4 Å². The van der Waals surface area contributed by atoms with Crippen molar-refractivity contribution in [1.29, 1.82) is 0 Å². The van der Waals surface area contributed by atoms with Gasteiger partial charge in [0.2, 0.25) is 0 Å². The predicted octanol–water partition coefficient (Wildman–Crippen LogP) is 2.43. The second-order valence-corrected chi connectivity index (χ2v) is 5.95. The molecule has 1 amide bonds. The number of aliphatic carboxylic acids is 1. The summed E-state index contributed by atoms with van der Waals surface area (Å²) in [7, 11) is 0. The molecule has 0 aliphatic carbocycles. The maximum absolute atomic E-state index is 12.4. The summed E-state index contributed by atoms with van der Waals surface area (Å²) >= 11 is 3.40. The highest BCUT2D eigenvalue weighted by molar-refractivity contribution is 9.10. The van der Waals surface area contributed by atoms with E-state index < -0.39 is 12.1 Å². The first kappa shape index (κ1) is 16.0. The Balaban J connectivity index is 2.07. The first-order chi connectivity index (χ1) is 10.1. The van der Waals surface area contributed by atoms with Crippen molar-refractivity contribution >= 4 is 27.8 Å². The minimum Gasteiger partial charge on any atom is -0.481 e. The molecular weight excluding hydrogens is 338 g/mol. The molecule has 21 heavy (non-hydrogen) atoms. The largest absolute Gasteiger partial charge is 0.481 e. The second kappa shape index (κ2) is 7.56. The lowest BCUT2D eigenvalue weighted by atomic mass is 10.1. The maximum atomic E-state index is 12.4. The third kappa shape index (κ3) is 4.82. The lowest BCUT2D eigenvalue weighted by molar-refractivity contribution is -0.143. The first-order valence-corrected chi connectivity index (χ1v) is 7.72. The van der Waals surface area contributed by atoms with Crippen molar-refractivity contribution in [3.05, 3.63) is 34.3 Å². The molecule has 1 aliphatic rings. The number of carbonyl (C=O) groups excluding carboxylic acids is 1. The van der Waals surface area contributed by atoms with Gasteiger partial charge in [-0.05, 0) is 30.5 Å². The standard InChI is InChI=1S/C15H18BrNO4/c16-12-4-1-3-11(9-12)10-17(7-6-14(18)19)15(20)13-5-2-8-21-13/h1,3-4,9,13H,2,5-8,10H2,(H,18,19)/t13-/m0/s1. The van der Waals surface area contributed by atoms with E-state index in [1.165, 1.54) is 0 Å². The summed E-state index contributed by atoms with van der Waals surface area (Å²) in [5.74, 6) is -1.02. The molecule has 2 rings (SSSR count). The Bertz CT molecular complexity index is 514. The fourth-order valence-corrected chi connectivity index (χ4v) is 2.78. The van der Waals surface area contributed by atoms with E-state index in [9.17, 15) is 9.59 Å². The van der Waals surface area contributed by atoms with E-state index in [1.807, 2.05) is 24.3 Å². The SMILES string of the molecule is O=C(O)CCN(Cc1cccc(Br)c1)C(=O)[C@@H]1CCCO1. The molecule has 1 N–H and O–H groups in total. The van der Waals surface area contributed by atoms with Crippen LogP contribution in [-0.2, 0) is 20.9 Å². The van der Waals surface area contributed by atoms with E-state index in [-0.39, 0.29) is 18.9 Å². The molecule has 1 fully saturated rings. The number of hydrogen-bond donors (Lipinski definition) is 1. The van der Waals surface area contributed by atoms with Gasteiger partial charge in [0.15, 0.2) is 0 Å². The monoisotopic (exact) mass is 355 g/mol. The Labute approximate surface area is 132 Å². The fraction of sp³-hybridized carbons (Fsp3) is 0.467. The summed E-state index contributed by atoms with van der Waals surface area (Å²) in [6, 6.07) is 7.65. The molecule has 0 aromatic heterocycles. The van der Waals surface area contributed by atoms with Crippen LogP contribution in [0.15, 0.2) is 28.7 Å². The molecular formula is C15H18BrNO4. The molecule has 1 aromatic rings. The van der Waals surface area contributed by atoms with Crippen LogP contribution in [0, 0.1) is 0 Å². The van der Waals surface area contributed by atoms with Gasteiger partial charge in [-0.25, -0.2) is 0 Å². The minimum absolute atomic E-state index is 0.0630. The summed E-state index contributed by atoms with van der Waals surface area (Å²) < 4.78 is 6.35. The number of ether oxygens (including phenoxy) is 1. The summed E-state index contributed by atoms with van der Waals surface area (Å²) in [5, 5.41) is 8.84. The highest BCUT2D eigenvalue weighted by Gasteiger charge is 2.28. The number of nitrogens with zero attached hydrogens (tertiary/aromatic N) is 1. The molecule has 6 heteroatoms. The molecule has 0 spiro atoms. The van der Waals surface area contributed by atoms with Crippen molar-refractivity contribution in [3.8, 4) is 0 Å². The molecule has 0 unspecified atom stereocenters. The Morgan fingerprint density at radius 2 is 2.24 bits per heavy atom. The van der Waals surface area contributed by atoms with Gasteiger partial charge in [-0.2, -0.15) is 0 Å². The van der Waals surface area contributed by atoms with Gasteiger partial charge in [0.05, 0.1) is 6.42 Å². The van der Waals surface area contributed by atoms with Crippen LogP contribution >= 0.6 is 15.9 Å². The van der Waals surface area contributed by atoms with Crippen LogP contribution in [0.1, 0.15) is 24.8 Å². The Morgan fingerprint density at radius 3 is 2.86 bits per heavy atom. The number of carbonyl (C=O) groups is 2. The van der Waals surface area contributed by atoms with Crippen LogP contribution < -0.4 is 0 Å². The van der Waals surface area contributed by atoms with Gasteiger partial charge in [-0.1, -0.05) is 28.1 Å². The molecule has 114 valence electrons. The van der Waals surface area contributed by atoms with Crippen LogP contribution in [0.4, 0.5) is 0 Å². The molecule has 1 heterocycles. The first-order valence-electron chi connectivity index (χ1n) is 6.93. The normalized spacial score (nSPS) is 17.7. The van der Waals surface area contributed by atoms with E-state index in [0.717, 1.165) is 16.5 Å². The zero-order valence-electron chi connectivity index (χ0n) is 11.6. The maximum Gasteiger partial charge on any atom is 0.305 e. The fourth-order valence-electron chi connectivity index (χ4n) is 2.33. The second-order valence-electron chi connectivity index (χ2n) is 5.04. The van der Waals surface area contributed by atoms with Crippen LogP contribution in [0.2, 0.25) is 0 Å². The molecule has 0 saturated carbocycles. The van der Waals surface area contributed by atoms with E-state index >= 15 is 0 Å². The van der Waals surface area contributed by atoms with Crippen molar-refractivity contribution in [3.63, 3.8) is 0 Å². The van der Waals surface area contributed by atoms with Gasteiger partial charge in [0.25, 0.3) is 5.91 Å². The van der Waals surface area contributed by atoms with Crippen LogP contribution in [0.5, 0.6) is 0 Å². The van der Waals surface area contributed by atoms with E-state index in [2.05, 4.69) is 15.9 Å². The number of amides is 1. The third-order valence-corrected chi connectivity index (χ3v) is 3.87. The van der Waals surface area contributed by atoms with Gasteiger partial charge in [-0.15, -0.1) is 0 Å². The van der Waals surface area contributed by atoms with Crippen LogP contribution in [-0.4, -0.2) is 41.1 Å². The molecule has 1 saturated heterocycles. The molecule has 0 radical (unpaired) electrons. The van der Waals surface area contributed by atoms with Crippen molar-refractivity contribution in [2.24, 2.45) is 0 Å². The highest BCUT2D eigenvalue weighted by atomic mass is 79.9. The number of halogens is 1. The zero-order valence-corrected chi connectivity index (χ0v) is 13.2. The van der Waals surface area contributed by atoms with Crippen molar-refractivity contribution in [2.45, 2.75) is 31.9 Å². The molecule has 1 aliphatic heterocycles. The summed E-state index contributed by atoms with van der Waals surface area (Å²) in [6.45, 7) is 1.19. The van der Waals surface area contributed by atoms with Crippen LogP contribution in [0.3, 0.4) is 0 Å². The minimum atomic E-state index is -0.908. The average molecular weight is 356 g/mol. The zero-order chi connectivity index (χ0) is 15.2. The molecule has 5 nitrogen and oxygen atoms in total. The highest BCUT2D eigenvalue weighted by Crippen LogP contribution is 2.18. The van der Waals surface area contributed by atoms with E-state index in [1.54, 1.807) is 4.90 Å². The van der Waals surface area contributed by atoms with Crippen molar-refractivity contribution in [1.82, 2.24) is 4.90 Å². The number of hydrogen-bond acceptors (Lipinski definition) is 3. The molecule has 1 aromatic carbocycles. The number of rotatable bonds is 6. The summed E-state index contributed by atoms with van der Waals surface area (Å²) in [5.41, 5.74) is 0.959. The van der Waals surface area contributed by atoms with E-state index in [4.69, 9.17) is 9.84 Å². The smallest absolute Gasteiger partial charge is 0.305 e. The molecule has 0 bridgehead atoms. The summed E-state index contributed by atoms with van der Waals surface area (Å²) in [4.78, 5) is 24.8.